The number of anilines is 1. The second-order valence-electron chi connectivity index (χ2n) is 4.25. The van der Waals surface area contributed by atoms with Crippen LogP contribution in [0.3, 0.4) is 0 Å². The van der Waals surface area contributed by atoms with E-state index in [1.54, 1.807) is 30.3 Å². The van der Waals surface area contributed by atoms with Crippen molar-refractivity contribution in [3.8, 4) is 0 Å². The number of hydrogen-bond acceptors (Lipinski definition) is 6. The number of para-hydroxylation sites is 1. The number of carbonyl (C=O) groups is 4. The molecule has 0 fully saturated rings. The lowest BCUT2D eigenvalue weighted by atomic mass is 10.1. The molecule has 0 saturated heterocycles. The van der Waals surface area contributed by atoms with Crippen LogP contribution in [-0.4, -0.2) is 41.1 Å². The number of nitrogens with one attached hydrogen (secondary N) is 1. The Morgan fingerprint density at radius 2 is 1.45 bits per heavy atom. The first-order valence-electron chi connectivity index (χ1n) is 6.24. The first-order chi connectivity index (χ1) is 10.3. The fourth-order valence-corrected chi connectivity index (χ4v) is 1.59. The van der Waals surface area contributed by atoms with Gasteiger partial charge in [0.15, 0.2) is 0 Å². The molecule has 0 heterocycles. The maximum Gasteiger partial charge on any atom is 0.349 e. The van der Waals surface area contributed by atoms with Crippen LogP contribution < -0.4 is 5.32 Å². The molecule has 22 heavy (non-hydrogen) atoms. The van der Waals surface area contributed by atoms with Crippen molar-refractivity contribution in [3.05, 3.63) is 30.3 Å². The van der Waals surface area contributed by atoms with E-state index in [0.717, 1.165) is 13.8 Å². The number of aliphatic carboxylic acids is 1. The van der Waals surface area contributed by atoms with E-state index in [0.29, 0.717) is 5.69 Å². The lowest BCUT2D eigenvalue weighted by Crippen LogP contribution is -2.47. The minimum atomic E-state index is -1.94. The average Bonchev–Trinajstić information content (AvgIpc) is 2.42. The Bertz CT molecular complexity index is 570. The van der Waals surface area contributed by atoms with Crippen LogP contribution in [-0.2, 0) is 28.7 Å². The van der Waals surface area contributed by atoms with Gasteiger partial charge in [0.25, 0.3) is 5.91 Å². The molecule has 0 radical (unpaired) electrons. The van der Waals surface area contributed by atoms with Gasteiger partial charge in [-0.1, -0.05) is 18.2 Å². The highest BCUT2D eigenvalue weighted by molar-refractivity contribution is 5.99. The molecule has 2 unspecified atom stereocenters. The van der Waals surface area contributed by atoms with Crippen molar-refractivity contribution < 1.29 is 33.8 Å². The zero-order chi connectivity index (χ0) is 16.7. The Morgan fingerprint density at radius 1 is 0.955 bits per heavy atom. The number of ether oxygens (including phenoxy) is 2. The van der Waals surface area contributed by atoms with E-state index in [4.69, 9.17) is 9.84 Å². The summed E-state index contributed by atoms with van der Waals surface area (Å²) in [6, 6.07) is 8.14. The lowest BCUT2D eigenvalue weighted by molar-refractivity contribution is -0.179. The highest BCUT2D eigenvalue weighted by Crippen LogP contribution is 2.12. The van der Waals surface area contributed by atoms with Crippen LogP contribution in [0.15, 0.2) is 30.3 Å². The van der Waals surface area contributed by atoms with E-state index >= 15 is 0 Å². The Balaban J connectivity index is 2.98. The van der Waals surface area contributed by atoms with Crippen LogP contribution in [0.4, 0.5) is 5.69 Å². The second kappa shape index (κ2) is 7.77. The summed E-state index contributed by atoms with van der Waals surface area (Å²) in [6.45, 7) is 1.99. The van der Waals surface area contributed by atoms with Gasteiger partial charge in [0.1, 0.15) is 0 Å². The van der Waals surface area contributed by atoms with Gasteiger partial charge >= 0.3 is 17.9 Å². The number of rotatable bonds is 6. The minimum Gasteiger partial charge on any atom is -0.478 e. The van der Waals surface area contributed by atoms with Crippen LogP contribution in [0.25, 0.3) is 0 Å². The van der Waals surface area contributed by atoms with E-state index in [9.17, 15) is 19.2 Å². The number of hydrogen-bond donors (Lipinski definition) is 2. The van der Waals surface area contributed by atoms with Crippen molar-refractivity contribution in [3.63, 3.8) is 0 Å². The summed E-state index contributed by atoms with van der Waals surface area (Å²) in [7, 11) is 0. The molecule has 0 aliphatic rings. The van der Waals surface area contributed by atoms with Gasteiger partial charge in [0.05, 0.1) is 0 Å². The molecule has 0 bridgehead atoms. The fourth-order valence-electron chi connectivity index (χ4n) is 1.59. The standard InChI is InChI=1S/C14H15NO7/c1-8(16)21-11(12(14(19)20)22-9(2)17)13(18)15-10-6-4-3-5-7-10/h3-7,11-12H,1-2H3,(H,15,18)(H,19,20). The summed E-state index contributed by atoms with van der Waals surface area (Å²) in [5, 5.41) is 11.5. The molecule has 1 rings (SSSR count). The summed E-state index contributed by atoms with van der Waals surface area (Å²) in [5.41, 5.74) is 0.372. The summed E-state index contributed by atoms with van der Waals surface area (Å²) in [5.74, 6) is -4.33. The van der Waals surface area contributed by atoms with Gasteiger partial charge in [-0.05, 0) is 12.1 Å². The van der Waals surface area contributed by atoms with Gasteiger partial charge in [0.2, 0.25) is 12.2 Å². The largest absolute Gasteiger partial charge is 0.478 e. The number of esters is 2. The van der Waals surface area contributed by atoms with E-state index in [2.05, 4.69) is 10.1 Å². The van der Waals surface area contributed by atoms with Gasteiger partial charge in [-0.3, -0.25) is 14.4 Å². The molecule has 1 amide bonds. The van der Waals surface area contributed by atoms with Crippen LogP contribution in [0.2, 0.25) is 0 Å². The molecule has 0 aromatic heterocycles. The summed E-state index contributed by atoms with van der Waals surface area (Å²) >= 11 is 0. The predicted molar refractivity (Wildman–Crippen MR) is 73.8 cm³/mol. The third kappa shape index (κ3) is 5.23. The number of amides is 1. The van der Waals surface area contributed by atoms with Gasteiger partial charge in [-0.25, -0.2) is 4.79 Å². The monoisotopic (exact) mass is 309 g/mol. The highest BCUT2D eigenvalue weighted by Gasteiger charge is 2.39. The molecular weight excluding hydrogens is 294 g/mol. The molecule has 118 valence electrons. The lowest BCUT2D eigenvalue weighted by Gasteiger charge is -2.22. The molecule has 2 N–H and O–H groups in total. The smallest absolute Gasteiger partial charge is 0.349 e. The molecule has 0 aliphatic carbocycles. The van der Waals surface area contributed by atoms with Gasteiger partial charge in [-0.15, -0.1) is 0 Å². The first kappa shape index (κ1) is 17.2. The molecule has 1 aromatic carbocycles. The Labute approximate surface area is 126 Å². The fraction of sp³-hybridized carbons (Fsp3) is 0.286. The zero-order valence-electron chi connectivity index (χ0n) is 11.9. The summed E-state index contributed by atoms with van der Waals surface area (Å²) in [6.07, 6.45) is -3.75. The third-order valence-corrected chi connectivity index (χ3v) is 2.40. The SMILES string of the molecule is CC(=O)OC(C(=O)O)C(OC(C)=O)C(=O)Nc1ccccc1. The van der Waals surface area contributed by atoms with Crippen LogP contribution in [0.1, 0.15) is 13.8 Å². The molecule has 8 heteroatoms. The number of benzene rings is 1. The molecule has 1 aromatic rings. The van der Waals surface area contributed by atoms with Crippen LogP contribution in [0, 0.1) is 0 Å². The quantitative estimate of drug-likeness (QED) is 0.737. The Kier molecular flexibility index (Phi) is 6.06. The Morgan fingerprint density at radius 3 is 1.91 bits per heavy atom. The van der Waals surface area contributed by atoms with Gasteiger partial charge in [-0.2, -0.15) is 0 Å². The van der Waals surface area contributed by atoms with Crippen LogP contribution in [0.5, 0.6) is 0 Å². The van der Waals surface area contributed by atoms with Crippen molar-refractivity contribution >= 4 is 29.5 Å². The van der Waals surface area contributed by atoms with Gasteiger partial charge < -0.3 is 19.9 Å². The number of carboxylic acids is 1. The van der Waals surface area contributed by atoms with Gasteiger partial charge in [0, 0.05) is 19.5 Å². The molecule has 0 aliphatic heterocycles. The second-order valence-corrected chi connectivity index (χ2v) is 4.25. The van der Waals surface area contributed by atoms with E-state index in [1.165, 1.54) is 0 Å². The molecule has 2 atom stereocenters. The van der Waals surface area contributed by atoms with Crippen molar-refractivity contribution in [1.82, 2.24) is 0 Å². The van der Waals surface area contributed by atoms with Crippen LogP contribution >= 0.6 is 0 Å². The topological polar surface area (TPSA) is 119 Å². The maximum atomic E-state index is 12.1. The van der Waals surface area contributed by atoms with Crippen molar-refractivity contribution in [2.75, 3.05) is 5.32 Å². The van der Waals surface area contributed by atoms with E-state index < -0.39 is 36.0 Å². The predicted octanol–water partition coefficient (Wildman–Crippen LogP) is 0.573. The average molecular weight is 309 g/mol. The zero-order valence-corrected chi connectivity index (χ0v) is 11.9. The molecule has 0 spiro atoms. The normalized spacial score (nSPS) is 12.6. The molecule has 0 saturated carbocycles. The summed E-state index contributed by atoms with van der Waals surface area (Å²) < 4.78 is 9.26. The van der Waals surface area contributed by atoms with E-state index in [-0.39, 0.29) is 0 Å². The van der Waals surface area contributed by atoms with E-state index in [1.807, 2.05) is 0 Å². The first-order valence-corrected chi connectivity index (χ1v) is 6.24. The van der Waals surface area contributed by atoms with Crippen molar-refractivity contribution in [2.24, 2.45) is 0 Å². The number of carboxylic acid groups (broad SMARTS) is 1. The minimum absolute atomic E-state index is 0.372. The number of carbonyl (C=O) groups excluding carboxylic acids is 3. The maximum absolute atomic E-state index is 12.1. The summed E-state index contributed by atoms with van der Waals surface area (Å²) in [4.78, 5) is 45.4. The third-order valence-electron chi connectivity index (χ3n) is 2.40. The highest BCUT2D eigenvalue weighted by atomic mass is 16.6. The van der Waals surface area contributed by atoms with Crippen molar-refractivity contribution in [2.45, 2.75) is 26.1 Å². The Hall–Kier alpha value is -2.90. The molecular formula is C14H15NO7. The van der Waals surface area contributed by atoms with Crippen molar-refractivity contribution in [1.29, 1.82) is 0 Å². The molecule has 8 nitrogen and oxygen atoms in total.